The first-order valence-corrected chi connectivity index (χ1v) is 8.53. The van der Waals surface area contributed by atoms with E-state index in [1.165, 1.54) is 31.5 Å². The van der Waals surface area contributed by atoms with Crippen LogP contribution in [0.5, 0.6) is 0 Å². The summed E-state index contributed by atoms with van der Waals surface area (Å²) in [7, 11) is 1.95. The highest BCUT2D eigenvalue weighted by Gasteiger charge is 2.23. The van der Waals surface area contributed by atoms with Crippen molar-refractivity contribution in [1.82, 2.24) is 15.1 Å². The normalized spacial score (nSPS) is 20.2. The van der Waals surface area contributed by atoms with E-state index in [0.29, 0.717) is 6.04 Å². The molecule has 4 heteroatoms. The lowest BCUT2D eigenvalue weighted by Crippen LogP contribution is -2.44. The molecule has 0 radical (unpaired) electrons. The summed E-state index contributed by atoms with van der Waals surface area (Å²) in [4.78, 5) is 17.1. The average molecular weight is 301 g/mol. The Bertz CT molecular complexity index is 505. The standard InChI is InChI=1S/C18H27N3O/c1-20(17-7-9-19-10-8-17)18(22)16-6-4-5-15(13-16)14-21-11-2-3-12-21/h4-6,13,17,19H,2-3,7-12,14H2,1H3. The summed E-state index contributed by atoms with van der Waals surface area (Å²) in [5, 5.41) is 3.35. The van der Waals surface area contributed by atoms with Gasteiger partial charge in [-0.1, -0.05) is 12.1 Å². The summed E-state index contributed by atoms with van der Waals surface area (Å²) in [5.41, 5.74) is 2.09. The van der Waals surface area contributed by atoms with Gasteiger partial charge in [-0.25, -0.2) is 0 Å². The molecule has 2 aliphatic heterocycles. The SMILES string of the molecule is CN(C(=O)c1cccc(CN2CCCC2)c1)C1CCNCC1. The fraction of sp³-hybridized carbons (Fsp3) is 0.611. The zero-order valence-corrected chi connectivity index (χ0v) is 13.6. The van der Waals surface area contributed by atoms with E-state index in [4.69, 9.17) is 0 Å². The van der Waals surface area contributed by atoms with Crippen LogP contribution in [0, 0.1) is 0 Å². The fourth-order valence-corrected chi connectivity index (χ4v) is 3.57. The number of benzene rings is 1. The molecule has 0 saturated carbocycles. The molecule has 1 aromatic carbocycles. The molecule has 2 heterocycles. The van der Waals surface area contributed by atoms with Crippen LogP contribution in [0.4, 0.5) is 0 Å². The number of piperidine rings is 1. The molecule has 22 heavy (non-hydrogen) atoms. The van der Waals surface area contributed by atoms with Crippen molar-refractivity contribution in [2.45, 2.75) is 38.3 Å². The number of rotatable bonds is 4. The van der Waals surface area contributed by atoms with E-state index in [2.05, 4.69) is 22.3 Å². The van der Waals surface area contributed by atoms with Crippen molar-refractivity contribution < 1.29 is 4.79 Å². The van der Waals surface area contributed by atoms with E-state index < -0.39 is 0 Å². The Balaban J connectivity index is 1.66. The van der Waals surface area contributed by atoms with Crippen LogP contribution in [0.2, 0.25) is 0 Å². The van der Waals surface area contributed by atoms with Gasteiger partial charge < -0.3 is 10.2 Å². The first kappa shape index (κ1) is 15.5. The Kier molecular flexibility index (Phi) is 5.11. The maximum Gasteiger partial charge on any atom is 0.253 e. The Morgan fingerprint density at radius 3 is 2.73 bits per heavy atom. The molecule has 2 fully saturated rings. The lowest BCUT2D eigenvalue weighted by atomic mass is 10.0. The van der Waals surface area contributed by atoms with Crippen LogP contribution in [-0.2, 0) is 6.54 Å². The Labute approximate surface area is 133 Å². The van der Waals surface area contributed by atoms with E-state index in [0.717, 1.165) is 38.0 Å². The monoisotopic (exact) mass is 301 g/mol. The highest BCUT2D eigenvalue weighted by Crippen LogP contribution is 2.17. The maximum absolute atomic E-state index is 12.7. The number of nitrogens with zero attached hydrogens (tertiary/aromatic N) is 2. The number of nitrogens with one attached hydrogen (secondary N) is 1. The van der Waals surface area contributed by atoms with Gasteiger partial charge in [0.25, 0.3) is 5.91 Å². The van der Waals surface area contributed by atoms with Gasteiger partial charge in [0.2, 0.25) is 0 Å². The number of hydrogen-bond acceptors (Lipinski definition) is 3. The Hall–Kier alpha value is -1.39. The first-order chi connectivity index (χ1) is 10.7. The number of carbonyl (C=O) groups excluding carboxylic acids is 1. The third-order valence-electron chi connectivity index (χ3n) is 4.96. The zero-order chi connectivity index (χ0) is 15.4. The lowest BCUT2D eigenvalue weighted by molar-refractivity contribution is 0.0703. The molecule has 0 aliphatic carbocycles. The second kappa shape index (κ2) is 7.25. The number of likely N-dealkylation sites (tertiary alicyclic amines) is 1. The van der Waals surface area contributed by atoms with Crippen LogP contribution in [0.15, 0.2) is 24.3 Å². The molecule has 120 valence electrons. The van der Waals surface area contributed by atoms with Crippen LogP contribution in [0.1, 0.15) is 41.6 Å². The molecule has 1 N–H and O–H groups in total. The molecule has 1 amide bonds. The number of hydrogen-bond donors (Lipinski definition) is 1. The van der Waals surface area contributed by atoms with Gasteiger partial charge in [-0.3, -0.25) is 9.69 Å². The van der Waals surface area contributed by atoms with Crippen LogP contribution in [0.3, 0.4) is 0 Å². The van der Waals surface area contributed by atoms with Crippen molar-refractivity contribution in [2.75, 3.05) is 33.2 Å². The van der Waals surface area contributed by atoms with Crippen LogP contribution in [0.25, 0.3) is 0 Å². The molecule has 0 aromatic heterocycles. The van der Waals surface area contributed by atoms with E-state index in [1.807, 2.05) is 24.1 Å². The molecule has 2 saturated heterocycles. The third-order valence-corrected chi connectivity index (χ3v) is 4.96. The Morgan fingerprint density at radius 1 is 1.27 bits per heavy atom. The van der Waals surface area contributed by atoms with Gasteiger partial charge in [0.1, 0.15) is 0 Å². The van der Waals surface area contributed by atoms with Crippen molar-refractivity contribution in [2.24, 2.45) is 0 Å². The molecular formula is C18H27N3O. The molecular weight excluding hydrogens is 274 g/mol. The fourth-order valence-electron chi connectivity index (χ4n) is 3.57. The Morgan fingerprint density at radius 2 is 2.00 bits per heavy atom. The third kappa shape index (κ3) is 3.68. The van der Waals surface area contributed by atoms with Gasteiger partial charge in [-0.2, -0.15) is 0 Å². The number of carbonyl (C=O) groups is 1. The number of amides is 1. The quantitative estimate of drug-likeness (QED) is 0.925. The molecule has 0 atom stereocenters. The molecule has 2 aliphatic rings. The van der Waals surface area contributed by atoms with Crippen LogP contribution < -0.4 is 5.32 Å². The second-order valence-electron chi connectivity index (χ2n) is 6.58. The minimum absolute atomic E-state index is 0.162. The predicted molar refractivity (Wildman–Crippen MR) is 88.9 cm³/mol. The summed E-state index contributed by atoms with van der Waals surface area (Å²) < 4.78 is 0. The van der Waals surface area contributed by atoms with Crippen molar-refractivity contribution in [3.63, 3.8) is 0 Å². The van der Waals surface area contributed by atoms with Crippen molar-refractivity contribution in [3.05, 3.63) is 35.4 Å². The van der Waals surface area contributed by atoms with Gasteiger partial charge in [-0.05, 0) is 69.6 Å². The van der Waals surface area contributed by atoms with Crippen molar-refractivity contribution >= 4 is 5.91 Å². The molecule has 4 nitrogen and oxygen atoms in total. The highest BCUT2D eigenvalue weighted by molar-refractivity contribution is 5.94. The molecule has 3 rings (SSSR count). The highest BCUT2D eigenvalue weighted by atomic mass is 16.2. The minimum atomic E-state index is 0.162. The smallest absolute Gasteiger partial charge is 0.253 e. The van der Waals surface area contributed by atoms with Gasteiger partial charge >= 0.3 is 0 Å². The van der Waals surface area contributed by atoms with Gasteiger partial charge in [-0.15, -0.1) is 0 Å². The van der Waals surface area contributed by atoms with Gasteiger partial charge in [0, 0.05) is 25.2 Å². The second-order valence-corrected chi connectivity index (χ2v) is 6.58. The zero-order valence-electron chi connectivity index (χ0n) is 13.6. The van der Waals surface area contributed by atoms with E-state index in [9.17, 15) is 4.79 Å². The van der Waals surface area contributed by atoms with Gasteiger partial charge in [0.15, 0.2) is 0 Å². The molecule has 0 bridgehead atoms. The van der Waals surface area contributed by atoms with Crippen LogP contribution >= 0.6 is 0 Å². The maximum atomic E-state index is 12.7. The summed E-state index contributed by atoms with van der Waals surface area (Å²) >= 11 is 0. The topological polar surface area (TPSA) is 35.6 Å². The summed E-state index contributed by atoms with van der Waals surface area (Å²) in [5.74, 6) is 0.162. The first-order valence-electron chi connectivity index (χ1n) is 8.53. The average Bonchev–Trinajstić information content (AvgIpc) is 3.07. The van der Waals surface area contributed by atoms with E-state index in [-0.39, 0.29) is 5.91 Å². The summed E-state index contributed by atoms with van der Waals surface area (Å²) in [6.07, 6.45) is 4.71. The van der Waals surface area contributed by atoms with E-state index >= 15 is 0 Å². The van der Waals surface area contributed by atoms with Crippen molar-refractivity contribution in [1.29, 1.82) is 0 Å². The summed E-state index contributed by atoms with van der Waals surface area (Å²) in [6, 6.07) is 8.57. The minimum Gasteiger partial charge on any atom is -0.339 e. The van der Waals surface area contributed by atoms with Gasteiger partial charge in [0.05, 0.1) is 0 Å². The largest absolute Gasteiger partial charge is 0.339 e. The molecule has 0 spiro atoms. The summed E-state index contributed by atoms with van der Waals surface area (Å²) in [6.45, 7) is 5.37. The predicted octanol–water partition coefficient (Wildman–Crippen LogP) is 2.11. The van der Waals surface area contributed by atoms with Crippen LogP contribution in [-0.4, -0.2) is 55.0 Å². The molecule has 0 unspecified atom stereocenters. The van der Waals surface area contributed by atoms with Crippen molar-refractivity contribution in [3.8, 4) is 0 Å². The lowest BCUT2D eigenvalue weighted by Gasteiger charge is -2.31. The van der Waals surface area contributed by atoms with E-state index in [1.54, 1.807) is 0 Å². The molecule has 1 aromatic rings.